The number of hydrogen-bond acceptors (Lipinski definition) is 1. The molecule has 0 amide bonds. The van der Waals surface area contributed by atoms with Gasteiger partial charge in [-0.25, -0.2) is 0 Å². The lowest BCUT2D eigenvalue weighted by molar-refractivity contribution is 0.153. The van der Waals surface area contributed by atoms with E-state index in [1.807, 2.05) is 0 Å². The predicted octanol–water partition coefficient (Wildman–Crippen LogP) is 4.83. The van der Waals surface area contributed by atoms with E-state index < -0.39 is 0 Å². The van der Waals surface area contributed by atoms with E-state index in [9.17, 15) is 0 Å². The number of aryl methyl sites for hydroxylation is 1. The molecule has 2 rings (SSSR count). The molecule has 1 aromatic rings. The van der Waals surface area contributed by atoms with Gasteiger partial charge >= 0.3 is 0 Å². The Morgan fingerprint density at radius 2 is 1.82 bits per heavy atom. The van der Waals surface area contributed by atoms with Crippen LogP contribution in [0.3, 0.4) is 0 Å². The fourth-order valence-corrected chi connectivity index (χ4v) is 2.58. The molecular weight excluding hydrogens is 208 g/mol. The van der Waals surface area contributed by atoms with Gasteiger partial charge < -0.3 is 4.74 Å². The Morgan fingerprint density at radius 3 is 2.47 bits per heavy atom. The van der Waals surface area contributed by atoms with Crippen LogP contribution in [0, 0.1) is 6.92 Å². The van der Waals surface area contributed by atoms with Crippen molar-refractivity contribution in [2.24, 2.45) is 0 Å². The quantitative estimate of drug-likeness (QED) is 0.725. The minimum absolute atomic E-state index is 0.447. The first-order valence-corrected chi connectivity index (χ1v) is 6.94. The lowest BCUT2D eigenvalue weighted by Gasteiger charge is -2.25. The molecule has 1 saturated carbocycles. The Labute approximate surface area is 105 Å². The van der Waals surface area contributed by atoms with Crippen LogP contribution in [0.25, 0.3) is 0 Å². The molecule has 0 radical (unpaired) electrons. The van der Waals surface area contributed by atoms with Crippen LogP contribution in [-0.2, 0) is 0 Å². The van der Waals surface area contributed by atoms with Crippen LogP contribution in [0.15, 0.2) is 18.2 Å². The van der Waals surface area contributed by atoms with Crippen LogP contribution < -0.4 is 4.74 Å². The summed E-state index contributed by atoms with van der Waals surface area (Å²) >= 11 is 0. The summed E-state index contributed by atoms with van der Waals surface area (Å²) in [6.07, 6.45) is 6.94. The molecule has 1 fully saturated rings. The molecule has 0 heterocycles. The third kappa shape index (κ3) is 3.24. The van der Waals surface area contributed by atoms with Gasteiger partial charge in [-0.2, -0.15) is 0 Å². The van der Waals surface area contributed by atoms with Gasteiger partial charge in [-0.1, -0.05) is 32.4 Å². The SMILES string of the molecule is Cc1ccc(C(C)C)c(OC2CCCCC2)c1. The standard InChI is InChI=1S/C16H24O/c1-12(2)15-10-9-13(3)11-16(15)17-14-7-5-4-6-8-14/h9-12,14H,4-8H2,1-3H3. The molecule has 0 aliphatic heterocycles. The smallest absolute Gasteiger partial charge is 0.123 e. The molecule has 17 heavy (non-hydrogen) atoms. The second-order valence-electron chi connectivity index (χ2n) is 5.57. The van der Waals surface area contributed by atoms with Crippen molar-refractivity contribution in [1.29, 1.82) is 0 Å². The van der Waals surface area contributed by atoms with Crippen LogP contribution in [0.1, 0.15) is 63.0 Å². The molecule has 1 heteroatoms. The Morgan fingerprint density at radius 1 is 1.12 bits per heavy atom. The number of hydrogen-bond donors (Lipinski definition) is 0. The summed E-state index contributed by atoms with van der Waals surface area (Å²) in [4.78, 5) is 0. The van der Waals surface area contributed by atoms with Gasteiger partial charge in [-0.15, -0.1) is 0 Å². The number of ether oxygens (including phenoxy) is 1. The first-order valence-electron chi connectivity index (χ1n) is 6.94. The molecule has 0 unspecified atom stereocenters. The fourth-order valence-electron chi connectivity index (χ4n) is 2.58. The van der Waals surface area contributed by atoms with E-state index in [1.54, 1.807) is 0 Å². The van der Waals surface area contributed by atoms with Gasteiger partial charge in [0.15, 0.2) is 0 Å². The number of benzene rings is 1. The Bertz CT molecular complexity index is 362. The molecule has 0 atom stereocenters. The molecule has 0 bridgehead atoms. The third-order valence-electron chi connectivity index (χ3n) is 3.64. The highest BCUT2D eigenvalue weighted by atomic mass is 16.5. The van der Waals surface area contributed by atoms with Crippen molar-refractivity contribution in [3.8, 4) is 5.75 Å². The van der Waals surface area contributed by atoms with Gasteiger partial charge in [0.25, 0.3) is 0 Å². The van der Waals surface area contributed by atoms with E-state index in [4.69, 9.17) is 4.74 Å². The monoisotopic (exact) mass is 232 g/mol. The zero-order chi connectivity index (χ0) is 12.3. The van der Waals surface area contributed by atoms with Crippen LogP contribution in [0.4, 0.5) is 0 Å². The minimum Gasteiger partial charge on any atom is -0.490 e. The van der Waals surface area contributed by atoms with Crippen molar-refractivity contribution in [2.45, 2.75) is 64.9 Å². The molecule has 0 N–H and O–H groups in total. The zero-order valence-corrected chi connectivity index (χ0v) is 11.3. The van der Waals surface area contributed by atoms with E-state index in [0.717, 1.165) is 5.75 Å². The summed E-state index contributed by atoms with van der Waals surface area (Å²) in [5, 5.41) is 0. The normalized spacial score (nSPS) is 17.4. The third-order valence-corrected chi connectivity index (χ3v) is 3.64. The van der Waals surface area contributed by atoms with E-state index in [1.165, 1.54) is 43.2 Å². The highest BCUT2D eigenvalue weighted by Gasteiger charge is 2.17. The first-order chi connectivity index (χ1) is 8.16. The summed E-state index contributed by atoms with van der Waals surface area (Å²) in [5.41, 5.74) is 2.64. The summed E-state index contributed by atoms with van der Waals surface area (Å²) in [6, 6.07) is 6.60. The highest BCUT2D eigenvalue weighted by Crippen LogP contribution is 2.31. The maximum Gasteiger partial charge on any atom is 0.123 e. The van der Waals surface area contributed by atoms with Crippen molar-refractivity contribution in [1.82, 2.24) is 0 Å². The van der Waals surface area contributed by atoms with Crippen LogP contribution in [-0.4, -0.2) is 6.10 Å². The Kier molecular flexibility index (Phi) is 4.09. The van der Waals surface area contributed by atoms with Gasteiger partial charge in [0.2, 0.25) is 0 Å². The lowest BCUT2D eigenvalue weighted by atomic mass is 9.97. The number of rotatable bonds is 3. The van der Waals surface area contributed by atoms with E-state index in [-0.39, 0.29) is 0 Å². The molecule has 94 valence electrons. The predicted molar refractivity (Wildman–Crippen MR) is 72.8 cm³/mol. The summed E-state index contributed by atoms with van der Waals surface area (Å²) in [6.45, 7) is 6.61. The maximum atomic E-state index is 6.23. The summed E-state index contributed by atoms with van der Waals surface area (Å²) in [7, 11) is 0. The van der Waals surface area contributed by atoms with Crippen molar-refractivity contribution in [2.75, 3.05) is 0 Å². The van der Waals surface area contributed by atoms with E-state index in [0.29, 0.717) is 12.0 Å². The second kappa shape index (κ2) is 5.57. The largest absolute Gasteiger partial charge is 0.490 e. The van der Waals surface area contributed by atoms with Crippen LogP contribution >= 0.6 is 0 Å². The summed E-state index contributed by atoms with van der Waals surface area (Å²) in [5.74, 6) is 1.65. The molecule has 1 nitrogen and oxygen atoms in total. The van der Waals surface area contributed by atoms with E-state index >= 15 is 0 Å². The minimum atomic E-state index is 0.447. The summed E-state index contributed by atoms with van der Waals surface area (Å²) < 4.78 is 6.23. The topological polar surface area (TPSA) is 9.23 Å². The van der Waals surface area contributed by atoms with Gasteiger partial charge in [0, 0.05) is 0 Å². The van der Waals surface area contributed by atoms with Gasteiger partial charge in [0.1, 0.15) is 5.75 Å². The van der Waals surface area contributed by atoms with Crippen molar-refractivity contribution in [3.05, 3.63) is 29.3 Å². The second-order valence-corrected chi connectivity index (χ2v) is 5.57. The van der Waals surface area contributed by atoms with Crippen LogP contribution in [0.2, 0.25) is 0 Å². The van der Waals surface area contributed by atoms with Crippen LogP contribution in [0.5, 0.6) is 5.75 Å². The van der Waals surface area contributed by atoms with Gasteiger partial charge in [-0.3, -0.25) is 0 Å². The lowest BCUT2D eigenvalue weighted by Crippen LogP contribution is -2.20. The zero-order valence-electron chi connectivity index (χ0n) is 11.3. The molecule has 1 aromatic carbocycles. The Balaban J connectivity index is 2.14. The average Bonchev–Trinajstić information content (AvgIpc) is 2.30. The van der Waals surface area contributed by atoms with Crippen molar-refractivity contribution < 1.29 is 4.74 Å². The average molecular weight is 232 g/mol. The first kappa shape index (κ1) is 12.5. The molecule has 1 aliphatic rings. The van der Waals surface area contributed by atoms with Crippen molar-refractivity contribution in [3.63, 3.8) is 0 Å². The van der Waals surface area contributed by atoms with Gasteiger partial charge in [0.05, 0.1) is 6.10 Å². The maximum absolute atomic E-state index is 6.23. The molecule has 0 aromatic heterocycles. The Hall–Kier alpha value is -0.980. The fraction of sp³-hybridized carbons (Fsp3) is 0.625. The molecule has 0 spiro atoms. The van der Waals surface area contributed by atoms with Gasteiger partial charge in [-0.05, 0) is 55.7 Å². The highest BCUT2D eigenvalue weighted by molar-refractivity contribution is 5.39. The molecular formula is C16H24O. The molecule has 0 saturated heterocycles. The van der Waals surface area contributed by atoms with E-state index in [2.05, 4.69) is 39.0 Å². The van der Waals surface area contributed by atoms with Crippen molar-refractivity contribution >= 4 is 0 Å². The molecule has 1 aliphatic carbocycles.